The third-order valence-electron chi connectivity index (χ3n) is 3.57. The molecule has 1 atom stereocenters. The second-order valence-electron chi connectivity index (χ2n) is 5.36. The summed E-state index contributed by atoms with van der Waals surface area (Å²) in [6.45, 7) is 3.62. The van der Waals surface area contributed by atoms with Gasteiger partial charge in [-0.3, -0.25) is 4.79 Å². The number of rotatable bonds is 8. The van der Waals surface area contributed by atoms with E-state index in [-0.39, 0.29) is 12.5 Å². The van der Waals surface area contributed by atoms with Crippen molar-refractivity contribution in [1.82, 2.24) is 5.32 Å². The van der Waals surface area contributed by atoms with Crippen LogP contribution in [0.5, 0.6) is 5.75 Å². The van der Waals surface area contributed by atoms with Crippen LogP contribution in [0.4, 0.5) is 0 Å². The molecule has 1 N–H and O–H groups in total. The van der Waals surface area contributed by atoms with Crippen LogP contribution in [-0.2, 0) is 16.0 Å². The van der Waals surface area contributed by atoms with Crippen LogP contribution in [0.1, 0.15) is 15.9 Å². The van der Waals surface area contributed by atoms with Gasteiger partial charge >= 0.3 is 5.97 Å². The number of carbonyl (C=O) groups is 2. The third kappa shape index (κ3) is 5.49. The molecule has 130 valence electrons. The highest BCUT2D eigenvalue weighted by atomic mass is 16.5. The molecule has 0 fully saturated rings. The van der Waals surface area contributed by atoms with E-state index < -0.39 is 12.0 Å². The predicted octanol–water partition coefficient (Wildman–Crippen LogP) is 2.77. The van der Waals surface area contributed by atoms with Crippen molar-refractivity contribution in [3.8, 4) is 5.75 Å². The van der Waals surface area contributed by atoms with Gasteiger partial charge in [-0.2, -0.15) is 0 Å². The van der Waals surface area contributed by atoms with Crippen LogP contribution in [0.15, 0.2) is 67.3 Å². The minimum Gasteiger partial charge on any atom is -0.497 e. The molecule has 25 heavy (non-hydrogen) atoms. The Hall–Kier alpha value is -3.08. The van der Waals surface area contributed by atoms with E-state index in [2.05, 4.69) is 11.9 Å². The average Bonchev–Trinajstić information content (AvgIpc) is 2.66. The number of hydrogen-bond acceptors (Lipinski definition) is 4. The lowest BCUT2D eigenvalue weighted by molar-refractivity contribution is -0.144. The molecule has 0 aliphatic heterocycles. The number of carbonyl (C=O) groups excluding carboxylic acids is 2. The van der Waals surface area contributed by atoms with E-state index in [1.165, 1.54) is 6.08 Å². The van der Waals surface area contributed by atoms with Gasteiger partial charge in [-0.1, -0.05) is 43.0 Å². The lowest BCUT2D eigenvalue weighted by Crippen LogP contribution is -2.43. The van der Waals surface area contributed by atoms with Crippen molar-refractivity contribution in [2.45, 2.75) is 12.5 Å². The van der Waals surface area contributed by atoms with E-state index in [1.807, 2.05) is 30.3 Å². The molecule has 2 rings (SSSR count). The van der Waals surface area contributed by atoms with E-state index in [1.54, 1.807) is 31.4 Å². The molecular formula is C20H21NO4. The van der Waals surface area contributed by atoms with Gasteiger partial charge in [0.1, 0.15) is 18.4 Å². The third-order valence-corrected chi connectivity index (χ3v) is 3.57. The van der Waals surface area contributed by atoms with Gasteiger partial charge in [0.25, 0.3) is 5.91 Å². The number of ether oxygens (including phenoxy) is 2. The first kappa shape index (κ1) is 18.3. The summed E-state index contributed by atoms with van der Waals surface area (Å²) >= 11 is 0. The van der Waals surface area contributed by atoms with E-state index in [0.717, 1.165) is 5.56 Å². The fourth-order valence-electron chi connectivity index (χ4n) is 2.27. The highest BCUT2D eigenvalue weighted by Gasteiger charge is 2.23. The summed E-state index contributed by atoms with van der Waals surface area (Å²) in [5, 5.41) is 2.74. The Morgan fingerprint density at radius 1 is 1.12 bits per heavy atom. The maximum absolute atomic E-state index is 12.4. The fraction of sp³-hybridized carbons (Fsp3) is 0.200. The Labute approximate surface area is 147 Å². The monoisotopic (exact) mass is 339 g/mol. The first-order chi connectivity index (χ1) is 12.1. The zero-order chi connectivity index (χ0) is 18.1. The van der Waals surface area contributed by atoms with Crippen molar-refractivity contribution in [3.05, 3.63) is 78.4 Å². The summed E-state index contributed by atoms with van der Waals surface area (Å²) in [6, 6.07) is 15.3. The maximum atomic E-state index is 12.4. The highest BCUT2D eigenvalue weighted by Crippen LogP contribution is 2.12. The summed E-state index contributed by atoms with van der Waals surface area (Å²) < 4.78 is 10.2. The molecule has 5 heteroatoms. The predicted molar refractivity (Wildman–Crippen MR) is 95.6 cm³/mol. The number of esters is 1. The molecule has 1 amide bonds. The second kappa shape index (κ2) is 9.27. The molecule has 0 aliphatic carbocycles. The van der Waals surface area contributed by atoms with E-state index >= 15 is 0 Å². The molecule has 0 aliphatic rings. The Morgan fingerprint density at radius 2 is 1.80 bits per heavy atom. The minimum absolute atomic E-state index is 0.0997. The first-order valence-corrected chi connectivity index (χ1v) is 7.90. The van der Waals surface area contributed by atoms with Gasteiger partial charge in [0.2, 0.25) is 0 Å². The normalized spacial score (nSPS) is 11.2. The first-order valence-electron chi connectivity index (χ1n) is 7.90. The van der Waals surface area contributed by atoms with Gasteiger partial charge in [0, 0.05) is 12.0 Å². The molecule has 0 radical (unpaired) electrons. The van der Waals surface area contributed by atoms with E-state index in [9.17, 15) is 9.59 Å². The number of methoxy groups -OCH3 is 1. The van der Waals surface area contributed by atoms with Crippen molar-refractivity contribution in [2.75, 3.05) is 13.7 Å². The van der Waals surface area contributed by atoms with Crippen LogP contribution < -0.4 is 10.1 Å². The number of benzene rings is 2. The maximum Gasteiger partial charge on any atom is 0.329 e. The molecule has 0 bridgehead atoms. The number of amides is 1. The molecule has 2 aromatic rings. The summed E-state index contributed by atoms with van der Waals surface area (Å²) in [5.74, 6) is -0.187. The zero-order valence-electron chi connectivity index (χ0n) is 14.1. The van der Waals surface area contributed by atoms with Gasteiger partial charge in [0.15, 0.2) is 0 Å². The van der Waals surface area contributed by atoms with E-state index in [4.69, 9.17) is 9.47 Å². The molecular weight excluding hydrogens is 318 g/mol. The molecule has 0 saturated heterocycles. The molecule has 1 unspecified atom stereocenters. The summed E-state index contributed by atoms with van der Waals surface area (Å²) in [6.07, 6.45) is 1.83. The van der Waals surface area contributed by atoms with Crippen molar-refractivity contribution in [1.29, 1.82) is 0 Å². The van der Waals surface area contributed by atoms with Crippen molar-refractivity contribution in [3.63, 3.8) is 0 Å². The molecule has 0 heterocycles. The van der Waals surface area contributed by atoms with Crippen molar-refractivity contribution >= 4 is 11.9 Å². The molecule has 0 saturated carbocycles. The Kier molecular flexibility index (Phi) is 6.77. The van der Waals surface area contributed by atoms with Crippen molar-refractivity contribution < 1.29 is 19.1 Å². The lowest BCUT2D eigenvalue weighted by Gasteiger charge is -2.17. The summed E-state index contributed by atoms with van der Waals surface area (Å²) in [7, 11) is 1.56. The van der Waals surface area contributed by atoms with Crippen molar-refractivity contribution in [2.24, 2.45) is 0 Å². The van der Waals surface area contributed by atoms with Gasteiger partial charge in [-0.25, -0.2) is 4.79 Å². The largest absolute Gasteiger partial charge is 0.497 e. The smallest absolute Gasteiger partial charge is 0.329 e. The summed E-state index contributed by atoms with van der Waals surface area (Å²) in [4.78, 5) is 24.7. The van der Waals surface area contributed by atoms with Gasteiger partial charge in [0.05, 0.1) is 7.11 Å². The van der Waals surface area contributed by atoms with Gasteiger partial charge in [-0.15, -0.1) is 0 Å². The van der Waals surface area contributed by atoms with Crippen LogP contribution >= 0.6 is 0 Å². The fourth-order valence-corrected chi connectivity index (χ4v) is 2.27. The second-order valence-corrected chi connectivity index (χ2v) is 5.36. The molecule has 2 aromatic carbocycles. The minimum atomic E-state index is -0.781. The quantitative estimate of drug-likeness (QED) is 0.593. The average molecular weight is 339 g/mol. The SMILES string of the molecule is C=CCOC(=O)C(Cc1ccccc1)NC(=O)c1ccc(OC)cc1. The topological polar surface area (TPSA) is 64.6 Å². The summed E-state index contributed by atoms with van der Waals surface area (Å²) in [5.41, 5.74) is 1.37. The zero-order valence-corrected chi connectivity index (χ0v) is 14.1. The Balaban J connectivity index is 2.11. The number of nitrogens with one attached hydrogen (secondary N) is 1. The lowest BCUT2D eigenvalue weighted by atomic mass is 10.1. The van der Waals surface area contributed by atoms with Gasteiger partial charge < -0.3 is 14.8 Å². The highest BCUT2D eigenvalue weighted by molar-refractivity contribution is 5.97. The van der Waals surface area contributed by atoms with Crippen LogP contribution in [0.2, 0.25) is 0 Å². The standard InChI is InChI=1S/C20H21NO4/c1-3-13-25-20(23)18(14-15-7-5-4-6-8-15)21-19(22)16-9-11-17(24-2)12-10-16/h3-12,18H,1,13-14H2,2H3,(H,21,22). The number of hydrogen-bond donors (Lipinski definition) is 1. The molecule has 0 spiro atoms. The Bertz CT molecular complexity index is 710. The molecule has 0 aromatic heterocycles. The van der Waals surface area contributed by atoms with E-state index in [0.29, 0.717) is 17.7 Å². The van der Waals surface area contributed by atoms with Gasteiger partial charge in [-0.05, 0) is 29.8 Å². The van der Waals surface area contributed by atoms with Crippen LogP contribution in [-0.4, -0.2) is 31.6 Å². The molecule has 5 nitrogen and oxygen atoms in total. The Morgan fingerprint density at radius 3 is 2.40 bits per heavy atom. The van der Waals surface area contributed by atoms with Crippen LogP contribution in [0, 0.1) is 0 Å². The van der Waals surface area contributed by atoms with Crippen LogP contribution in [0.25, 0.3) is 0 Å². The van der Waals surface area contributed by atoms with Crippen LogP contribution in [0.3, 0.4) is 0 Å².